The van der Waals surface area contributed by atoms with Crippen LogP contribution in [-0.2, 0) is 6.54 Å². The summed E-state index contributed by atoms with van der Waals surface area (Å²) in [7, 11) is 0. The summed E-state index contributed by atoms with van der Waals surface area (Å²) in [6.07, 6.45) is 4.03. The van der Waals surface area contributed by atoms with Gasteiger partial charge in [-0.1, -0.05) is 46.3 Å². The van der Waals surface area contributed by atoms with Crippen LogP contribution < -0.4 is 5.56 Å². The first-order valence-corrected chi connectivity index (χ1v) is 9.78. The molecule has 1 aliphatic carbocycles. The Labute approximate surface area is 164 Å². The fourth-order valence-electron chi connectivity index (χ4n) is 3.39. The van der Waals surface area contributed by atoms with E-state index in [9.17, 15) is 4.79 Å². The lowest BCUT2D eigenvalue weighted by molar-refractivity contribution is 0.626. The van der Waals surface area contributed by atoms with Crippen molar-refractivity contribution in [1.82, 2.24) is 19.6 Å². The van der Waals surface area contributed by atoms with Gasteiger partial charge >= 0.3 is 0 Å². The molecule has 4 aromatic rings. The third-order valence-corrected chi connectivity index (χ3v) is 5.45. The molecule has 2 aromatic heterocycles. The van der Waals surface area contributed by atoms with Crippen molar-refractivity contribution in [1.29, 1.82) is 0 Å². The molecule has 27 heavy (non-hydrogen) atoms. The van der Waals surface area contributed by atoms with E-state index in [-0.39, 0.29) is 5.56 Å². The van der Waals surface area contributed by atoms with Gasteiger partial charge in [-0.25, -0.2) is 9.36 Å². The van der Waals surface area contributed by atoms with E-state index >= 15 is 0 Å². The number of aromatic nitrogens is 4. The number of nitrogens with zero attached hydrogens (tertiary/aromatic N) is 4. The molecular formula is C21H17BrN4O. The third-order valence-electron chi connectivity index (χ3n) is 4.92. The van der Waals surface area contributed by atoms with Crippen molar-refractivity contribution in [2.24, 2.45) is 0 Å². The van der Waals surface area contributed by atoms with Gasteiger partial charge in [0.05, 0.1) is 24.1 Å². The maximum atomic E-state index is 13.3. The molecule has 134 valence electrons. The highest BCUT2D eigenvalue weighted by molar-refractivity contribution is 9.10. The summed E-state index contributed by atoms with van der Waals surface area (Å²) in [6, 6.07) is 17.8. The molecule has 0 bridgehead atoms. The van der Waals surface area contributed by atoms with Gasteiger partial charge in [-0.3, -0.25) is 4.79 Å². The molecule has 2 heterocycles. The molecule has 6 heteroatoms. The Kier molecular flexibility index (Phi) is 3.93. The summed E-state index contributed by atoms with van der Waals surface area (Å²) in [4.78, 5) is 13.3. The Hall–Kier alpha value is -2.73. The summed E-state index contributed by atoms with van der Waals surface area (Å²) >= 11 is 3.45. The van der Waals surface area contributed by atoms with Crippen molar-refractivity contribution in [3.05, 3.63) is 86.9 Å². The minimum atomic E-state index is -0.112. The van der Waals surface area contributed by atoms with Crippen LogP contribution in [-0.4, -0.2) is 19.6 Å². The summed E-state index contributed by atoms with van der Waals surface area (Å²) in [5.74, 6) is 0.428. The smallest absolute Gasteiger partial charge is 0.265 e. The molecule has 0 N–H and O–H groups in total. The molecule has 0 unspecified atom stereocenters. The number of fused-ring (bicyclic) bond motifs is 1. The molecular weight excluding hydrogens is 404 g/mol. The molecule has 0 amide bonds. The number of benzene rings is 2. The van der Waals surface area contributed by atoms with Crippen LogP contribution in [0.25, 0.3) is 16.6 Å². The number of rotatable bonds is 4. The van der Waals surface area contributed by atoms with Crippen LogP contribution in [0, 0.1) is 0 Å². The first-order chi connectivity index (χ1) is 13.2. The summed E-state index contributed by atoms with van der Waals surface area (Å²) in [5.41, 5.74) is 3.41. The van der Waals surface area contributed by atoms with Crippen molar-refractivity contribution in [3.8, 4) is 5.69 Å². The van der Waals surface area contributed by atoms with E-state index in [4.69, 9.17) is 5.10 Å². The van der Waals surface area contributed by atoms with Crippen molar-refractivity contribution in [3.63, 3.8) is 0 Å². The molecule has 1 aliphatic rings. The molecule has 0 spiro atoms. The third kappa shape index (κ3) is 3.00. The molecule has 1 fully saturated rings. The van der Waals surface area contributed by atoms with E-state index in [0.717, 1.165) is 39.6 Å². The fourth-order valence-corrected chi connectivity index (χ4v) is 3.65. The Morgan fingerprint density at radius 3 is 2.48 bits per heavy atom. The van der Waals surface area contributed by atoms with Crippen LogP contribution in [0.15, 0.2) is 70.1 Å². The van der Waals surface area contributed by atoms with E-state index < -0.39 is 0 Å². The van der Waals surface area contributed by atoms with Crippen molar-refractivity contribution >= 4 is 26.8 Å². The lowest BCUT2D eigenvalue weighted by Crippen LogP contribution is -2.26. The molecule has 2 aromatic carbocycles. The Morgan fingerprint density at radius 2 is 1.78 bits per heavy atom. The largest absolute Gasteiger partial charge is 0.293 e. The minimum Gasteiger partial charge on any atom is -0.265 e. The Morgan fingerprint density at radius 1 is 1.04 bits per heavy atom. The van der Waals surface area contributed by atoms with Crippen LogP contribution >= 0.6 is 15.9 Å². The average Bonchev–Trinajstić information content (AvgIpc) is 3.44. The quantitative estimate of drug-likeness (QED) is 0.495. The van der Waals surface area contributed by atoms with Gasteiger partial charge < -0.3 is 0 Å². The predicted molar refractivity (Wildman–Crippen MR) is 108 cm³/mol. The average molecular weight is 421 g/mol. The van der Waals surface area contributed by atoms with E-state index in [2.05, 4.69) is 21.0 Å². The maximum Gasteiger partial charge on any atom is 0.293 e. The van der Waals surface area contributed by atoms with Crippen LogP contribution in [0.5, 0.6) is 0 Å². The number of para-hydroxylation sites is 1. The summed E-state index contributed by atoms with van der Waals surface area (Å²) < 4.78 is 4.34. The summed E-state index contributed by atoms with van der Waals surface area (Å²) in [5, 5.41) is 10.1. The second-order valence-electron chi connectivity index (χ2n) is 6.90. The number of hydrogen-bond donors (Lipinski definition) is 0. The first-order valence-electron chi connectivity index (χ1n) is 8.99. The van der Waals surface area contributed by atoms with E-state index in [1.807, 2.05) is 54.6 Å². The highest BCUT2D eigenvalue weighted by Crippen LogP contribution is 2.41. The molecule has 5 nitrogen and oxygen atoms in total. The van der Waals surface area contributed by atoms with Crippen molar-refractivity contribution in [2.45, 2.75) is 25.3 Å². The van der Waals surface area contributed by atoms with Crippen molar-refractivity contribution < 1.29 is 0 Å². The minimum absolute atomic E-state index is 0.112. The summed E-state index contributed by atoms with van der Waals surface area (Å²) in [6.45, 7) is 0.446. The second kappa shape index (κ2) is 6.46. The van der Waals surface area contributed by atoms with E-state index in [1.54, 1.807) is 15.6 Å². The van der Waals surface area contributed by atoms with Gasteiger partial charge in [0.2, 0.25) is 0 Å². The zero-order valence-corrected chi connectivity index (χ0v) is 16.1. The van der Waals surface area contributed by atoms with Gasteiger partial charge in [0, 0.05) is 15.8 Å². The Bertz CT molecular complexity index is 1170. The van der Waals surface area contributed by atoms with E-state index in [1.165, 1.54) is 0 Å². The first kappa shape index (κ1) is 16.4. The van der Waals surface area contributed by atoms with Gasteiger partial charge in [0.15, 0.2) is 0 Å². The van der Waals surface area contributed by atoms with Gasteiger partial charge in [0.25, 0.3) is 5.56 Å². The maximum absolute atomic E-state index is 13.3. The highest BCUT2D eigenvalue weighted by Gasteiger charge is 2.30. The topological polar surface area (TPSA) is 52.7 Å². The van der Waals surface area contributed by atoms with Crippen LogP contribution in [0.1, 0.15) is 30.0 Å². The van der Waals surface area contributed by atoms with Gasteiger partial charge in [-0.15, -0.1) is 0 Å². The lowest BCUT2D eigenvalue weighted by atomic mass is 10.2. The van der Waals surface area contributed by atoms with Gasteiger partial charge in [-0.05, 0) is 42.7 Å². The Balaban J connectivity index is 1.70. The SMILES string of the molecule is O=c1c2c(cnn2-c2ccccc2)c(C2CC2)nn1Cc1ccc(Br)cc1. The van der Waals surface area contributed by atoms with Gasteiger partial charge in [-0.2, -0.15) is 10.2 Å². The zero-order valence-electron chi connectivity index (χ0n) is 14.5. The van der Waals surface area contributed by atoms with Crippen LogP contribution in [0.2, 0.25) is 0 Å². The molecule has 0 radical (unpaired) electrons. The monoisotopic (exact) mass is 420 g/mol. The fraction of sp³-hybridized carbons (Fsp3) is 0.190. The van der Waals surface area contributed by atoms with Crippen molar-refractivity contribution in [2.75, 3.05) is 0 Å². The number of halogens is 1. The normalized spacial score (nSPS) is 14.0. The zero-order chi connectivity index (χ0) is 18.4. The van der Waals surface area contributed by atoms with Crippen LogP contribution in [0.4, 0.5) is 0 Å². The van der Waals surface area contributed by atoms with E-state index in [0.29, 0.717) is 18.0 Å². The standard InChI is InChI=1S/C21H17BrN4O/c22-16-10-6-14(7-11-16)13-25-21(27)20-18(19(24-25)15-8-9-15)12-23-26(20)17-4-2-1-3-5-17/h1-7,10-12,15H,8-9,13H2. The second-order valence-corrected chi connectivity index (χ2v) is 7.82. The highest BCUT2D eigenvalue weighted by atomic mass is 79.9. The number of hydrogen-bond acceptors (Lipinski definition) is 3. The predicted octanol–water partition coefficient (Wildman–Crippen LogP) is 4.27. The lowest BCUT2D eigenvalue weighted by Gasteiger charge is -2.10. The molecule has 5 rings (SSSR count). The van der Waals surface area contributed by atoms with Crippen LogP contribution in [0.3, 0.4) is 0 Å². The molecule has 0 saturated heterocycles. The molecule has 0 aliphatic heterocycles. The van der Waals surface area contributed by atoms with Gasteiger partial charge in [0.1, 0.15) is 5.52 Å². The molecule has 0 atom stereocenters. The molecule has 1 saturated carbocycles.